The highest BCUT2D eigenvalue weighted by Gasteiger charge is 2.10. The van der Waals surface area contributed by atoms with E-state index in [4.69, 9.17) is 28.9 Å². The Kier molecular flexibility index (Phi) is 3.59. The van der Waals surface area contributed by atoms with Crippen molar-refractivity contribution in [1.82, 2.24) is 9.97 Å². The fraction of sp³-hybridized carbons (Fsp3) is 0.167. The van der Waals surface area contributed by atoms with Crippen molar-refractivity contribution in [3.63, 3.8) is 0 Å². The maximum absolute atomic E-state index is 6.05. The van der Waals surface area contributed by atoms with Gasteiger partial charge in [-0.1, -0.05) is 23.2 Å². The number of pyridine rings is 2. The molecular formula is C12H12Cl2N4. The molecule has 0 spiro atoms. The molecule has 2 N–H and O–H groups in total. The molecule has 0 saturated heterocycles. The second-order valence-electron chi connectivity index (χ2n) is 4.00. The van der Waals surface area contributed by atoms with E-state index in [1.165, 1.54) is 0 Å². The predicted octanol–water partition coefficient (Wildman–Crippen LogP) is 3.10. The third-order valence-corrected chi connectivity index (χ3v) is 2.98. The number of nitrogens with zero attached hydrogens (tertiary/aromatic N) is 3. The van der Waals surface area contributed by atoms with Gasteiger partial charge in [-0.25, -0.2) is 9.97 Å². The van der Waals surface area contributed by atoms with E-state index in [-0.39, 0.29) is 0 Å². The van der Waals surface area contributed by atoms with Crippen LogP contribution in [0.2, 0.25) is 10.3 Å². The van der Waals surface area contributed by atoms with Crippen molar-refractivity contribution in [2.75, 3.05) is 24.7 Å². The Balaban J connectivity index is 2.51. The first-order chi connectivity index (χ1) is 8.49. The largest absolute Gasteiger partial charge is 0.398 e. The van der Waals surface area contributed by atoms with Gasteiger partial charge in [-0.2, -0.15) is 0 Å². The lowest BCUT2D eigenvalue weighted by Crippen LogP contribution is -2.11. The van der Waals surface area contributed by atoms with Gasteiger partial charge in [0.05, 0.1) is 0 Å². The lowest BCUT2D eigenvalue weighted by molar-refractivity contribution is 1.07. The number of nitrogen functional groups attached to an aromatic ring is 1. The number of halogens is 2. The second kappa shape index (κ2) is 5.00. The molecule has 4 nitrogen and oxygen atoms in total. The number of rotatable bonds is 2. The van der Waals surface area contributed by atoms with Gasteiger partial charge in [-0.05, 0) is 12.1 Å². The molecule has 0 aliphatic heterocycles. The number of hydrogen-bond acceptors (Lipinski definition) is 4. The van der Waals surface area contributed by atoms with Crippen LogP contribution in [0.3, 0.4) is 0 Å². The standard InChI is InChI=1S/C12H12Cl2N4/c1-18(2)11-5-9(15)8(6-16-11)7-3-4-10(13)17-12(7)14/h3-6H,1-2H3,(H2,15,16). The van der Waals surface area contributed by atoms with Gasteiger partial charge in [0.2, 0.25) is 0 Å². The number of anilines is 2. The van der Waals surface area contributed by atoms with E-state index >= 15 is 0 Å². The molecular weight excluding hydrogens is 271 g/mol. The molecule has 0 aromatic carbocycles. The molecule has 0 unspecified atom stereocenters. The zero-order chi connectivity index (χ0) is 13.3. The summed E-state index contributed by atoms with van der Waals surface area (Å²) in [4.78, 5) is 10.2. The van der Waals surface area contributed by atoms with Gasteiger partial charge in [0.1, 0.15) is 16.1 Å². The fourth-order valence-corrected chi connectivity index (χ4v) is 1.99. The smallest absolute Gasteiger partial charge is 0.138 e. The molecule has 0 fully saturated rings. The van der Waals surface area contributed by atoms with E-state index in [2.05, 4.69) is 9.97 Å². The van der Waals surface area contributed by atoms with E-state index in [0.717, 1.165) is 16.9 Å². The summed E-state index contributed by atoms with van der Waals surface area (Å²) in [6.07, 6.45) is 1.68. The highest BCUT2D eigenvalue weighted by atomic mass is 35.5. The predicted molar refractivity (Wildman–Crippen MR) is 76.2 cm³/mol. The molecule has 0 radical (unpaired) electrons. The average molecular weight is 283 g/mol. The van der Waals surface area contributed by atoms with Crippen LogP contribution in [0.25, 0.3) is 11.1 Å². The monoisotopic (exact) mass is 282 g/mol. The first-order valence-electron chi connectivity index (χ1n) is 5.24. The summed E-state index contributed by atoms with van der Waals surface area (Å²) in [5, 5.41) is 0.661. The SMILES string of the molecule is CN(C)c1cc(N)c(-c2ccc(Cl)nc2Cl)cn1. The van der Waals surface area contributed by atoms with Crippen LogP contribution >= 0.6 is 23.2 Å². The summed E-state index contributed by atoms with van der Waals surface area (Å²) in [5.74, 6) is 0.786. The summed E-state index contributed by atoms with van der Waals surface area (Å²) in [6.45, 7) is 0. The van der Waals surface area contributed by atoms with E-state index in [1.54, 1.807) is 24.4 Å². The Morgan fingerprint density at radius 2 is 1.89 bits per heavy atom. The van der Waals surface area contributed by atoms with Gasteiger partial charge in [-0.15, -0.1) is 0 Å². The van der Waals surface area contributed by atoms with Crippen LogP contribution in [-0.4, -0.2) is 24.1 Å². The zero-order valence-electron chi connectivity index (χ0n) is 9.98. The van der Waals surface area contributed by atoms with Crippen molar-refractivity contribution in [3.8, 4) is 11.1 Å². The van der Waals surface area contributed by atoms with Crippen LogP contribution in [0, 0.1) is 0 Å². The Hall–Kier alpha value is -1.52. The normalized spacial score (nSPS) is 10.4. The summed E-state index contributed by atoms with van der Waals surface area (Å²) < 4.78 is 0. The van der Waals surface area contributed by atoms with Crippen LogP contribution in [-0.2, 0) is 0 Å². The Labute approximate surface area is 115 Å². The molecule has 0 saturated carbocycles. The van der Waals surface area contributed by atoms with Gasteiger partial charge >= 0.3 is 0 Å². The maximum atomic E-state index is 6.05. The maximum Gasteiger partial charge on any atom is 0.138 e. The molecule has 2 aromatic rings. The van der Waals surface area contributed by atoms with Gasteiger partial charge in [0.25, 0.3) is 0 Å². The van der Waals surface area contributed by atoms with Crippen LogP contribution < -0.4 is 10.6 Å². The first-order valence-corrected chi connectivity index (χ1v) is 6.00. The lowest BCUT2D eigenvalue weighted by Gasteiger charge is -2.14. The summed E-state index contributed by atoms with van der Waals surface area (Å²) >= 11 is 11.8. The summed E-state index contributed by atoms with van der Waals surface area (Å²) in [5.41, 5.74) is 8.07. The van der Waals surface area contributed by atoms with Crippen LogP contribution in [0.4, 0.5) is 11.5 Å². The molecule has 94 valence electrons. The zero-order valence-corrected chi connectivity index (χ0v) is 11.5. The highest BCUT2D eigenvalue weighted by molar-refractivity contribution is 6.34. The molecule has 2 heterocycles. The van der Waals surface area contributed by atoms with Gasteiger partial charge in [0.15, 0.2) is 0 Å². The molecule has 0 amide bonds. The third kappa shape index (κ3) is 2.49. The van der Waals surface area contributed by atoms with Crippen molar-refractivity contribution in [2.45, 2.75) is 0 Å². The van der Waals surface area contributed by atoms with Gasteiger partial charge < -0.3 is 10.6 Å². The minimum atomic E-state index is 0.314. The fourth-order valence-electron chi connectivity index (χ4n) is 1.54. The van der Waals surface area contributed by atoms with Crippen LogP contribution in [0.15, 0.2) is 24.4 Å². The van der Waals surface area contributed by atoms with E-state index in [1.807, 2.05) is 19.0 Å². The molecule has 6 heteroatoms. The first kappa shape index (κ1) is 12.9. The van der Waals surface area contributed by atoms with Crippen LogP contribution in [0.5, 0.6) is 0 Å². The van der Waals surface area contributed by atoms with Crippen LogP contribution in [0.1, 0.15) is 0 Å². The van der Waals surface area contributed by atoms with E-state index < -0.39 is 0 Å². The number of nitrogens with two attached hydrogens (primary N) is 1. The van der Waals surface area contributed by atoms with Crippen molar-refractivity contribution >= 4 is 34.7 Å². The quantitative estimate of drug-likeness (QED) is 0.860. The van der Waals surface area contributed by atoms with Gasteiger partial charge in [-0.3, -0.25) is 0 Å². The summed E-state index contributed by atoms with van der Waals surface area (Å²) in [6, 6.07) is 5.24. The molecule has 2 aromatic heterocycles. The van der Waals surface area contributed by atoms with Crippen molar-refractivity contribution in [1.29, 1.82) is 0 Å². The molecule has 0 aliphatic carbocycles. The third-order valence-electron chi connectivity index (χ3n) is 2.48. The van der Waals surface area contributed by atoms with Gasteiger partial charge in [0, 0.05) is 43.2 Å². The molecule has 0 aliphatic rings. The molecule has 2 rings (SSSR count). The van der Waals surface area contributed by atoms with E-state index in [9.17, 15) is 0 Å². The Bertz CT molecular complexity index is 584. The number of hydrogen-bond donors (Lipinski definition) is 1. The molecule has 18 heavy (non-hydrogen) atoms. The highest BCUT2D eigenvalue weighted by Crippen LogP contribution is 2.32. The Morgan fingerprint density at radius 1 is 1.17 bits per heavy atom. The molecule has 0 bridgehead atoms. The van der Waals surface area contributed by atoms with Crippen molar-refractivity contribution in [2.24, 2.45) is 0 Å². The lowest BCUT2D eigenvalue weighted by atomic mass is 10.1. The van der Waals surface area contributed by atoms with Crippen molar-refractivity contribution < 1.29 is 0 Å². The minimum Gasteiger partial charge on any atom is -0.398 e. The topological polar surface area (TPSA) is 55.0 Å². The Morgan fingerprint density at radius 3 is 2.44 bits per heavy atom. The van der Waals surface area contributed by atoms with E-state index in [0.29, 0.717) is 16.0 Å². The minimum absolute atomic E-state index is 0.314. The van der Waals surface area contributed by atoms with Crippen molar-refractivity contribution in [3.05, 3.63) is 34.7 Å². The number of aromatic nitrogens is 2. The molecule has 0 atom stereocenters. The second-order valence-corrected chi connectivity index (χ2v) is 4.74. The average Bonchev–Trinajstić information content (AvgIpc) is 2.30. The summed E-state index contributed by atoms with van der Waals surface area (Å²) in [7, 11) is 3.80.